The van der Waals surface area contributed by atoms with Gasteiger partial charge in [-0.2, -0.15) is 0 Å². The van der Waals surface area contributed by atoms with Crippen LogP contribution in [0.25, 0.3) is 6.08 Å². The third-order valence-corrected chi connectivity index (χ3v) is 4.84. The van der Waals surface area contributed by atoms with Crippen LogP contribution in [0, 0.1) is 6.92 Å². The van der Waals surface area contributed by atoms with Crippen LogP contribution in [0.15, 0.2) is 66.1 Å². The second kappa shape index (κ2) is 7.99. The summed E-state index contributed by atoms with van der Waals surface area (Å²) in [5.41, 5.74) is 2.20. The summed E-state index contributed by atoms with van der Waals surface area (Å²) in [6.45, 7) is 5.53. The van der Waals surface area contributed by atoms with Crippen molar-refractivity contribution in [1.29, 1.82) is 0 Å². The molecule has 0 aliphatic heterocycles. The van der Waals surface area contributed by atoms with Crippen molar-refractivity contribution in [2.24, 2.45) is 0 Å². The second-order valence-corrected chi connectivity index (χ2v) is 6.61. The van der Waals surface area contributed by atoms with Crippen LogP contribution in [-0.2, 0) is 10.0 Å². The summed E-state index contributed by atoms with van der Waals surface area (Å²) in [6.07, 6.45) is 1.83. The van der Waals surface area contributed by atoms with Crippen molar-refractivity contribution in [2.75, 3.05) is 0 Å². The molecule has 0 radical (unpaired) electrons. The van der Waals surface area contributed by atoms with Crippen molar-refractivity contribution in [3.63, 3.8) is 0 Å². The molecule has 0 unspecified atom stereocenters. The molecule has 2 rings (SSSR count). The molecular weight excluding hydrogens is 338 g/mol. The van der Waals surface area contributed by atoms with Gasteiger partial charge in [-0.25, -0.2) is 8.42 Å². The van der Waals surface area contributed by atoms with Crippen molar-refractivity contribution >= 4 is 32.2 Å². The van der Waals surface area contributed by atoms with Gasteiger partial charge < -0.3 is 0 Å². The number of hydrogen-bond acceptors (Lipinski definition) is 2. The van der Waals surface area contributed by atoms with Crippen molar-refractivity contribution in [1.82, 2.24) is 3.75 Å². The fourth-order valence-corrected chi connectivity index (χ4v) is 2.50. The van der Waals surface area contributed by atoms with E-state index in [1.54, 1.807) is 24.3 Å². The number of benzene rings is 2. The third kappa shape index (κ3) is 5.28. The minimum Gasteiger partial charge on any atom is -0.206 e. The molecular formula is C15H16BrNO2S. The zero-order chi connectivity index (χ0) is 15.0. The smallest absolute Gasteiger partial charge is 0.206 e. The van der Waals surface area contributed by atoms with Crippen LogP contribution in [0.3, 0.4) is 0 Å². The lowest BCUT2D eigenvalue weighted by atomic mass is 10.2. The molecule has 0 aliphatic carbocycles. The van der Waals surface area contributed by atoms with Gasteiger partial charge in [0, 0.05) is 16.1 Å². The maximum atomic E-state index is 11.2. The maximum absolute atomic E-state index is 11.2. The van der Waals surface area contributed by atoms with Gasteiger partial charge in [-0.15, -0.1) is 3.75 Å². The quantitative estimate of drug-likeness (QED) is 0.850. The van der Waals surface area contributed by atoms with Crippen LogP contribution < -0.4 is 3.75 Å². The van der Waals surface area contributed by atoms with Gasteiger partial charge in [-0.3, -0.25) is 0 Å². The first kappa shape index (κ1) is 16.6. The van der Waals surface area contributed by atoms with E-state index in [2.05, 4.69) is 26.5 Å². The molecule has 0 saturated carbocycles. The number of hydrogen-bond donors (Lipinski definition) is 1. The SMILES string of the molecule is C=Cc1ccccc1.Cc1ccc(S(=O)(=O)NBr)cc1. The average Bonchev–Trinajstić information content (AvgIpc) is 2.49. The Bertz CT molecular complexity index is 637. The molecule has 2 aromatic carbocycles. The van der Waals surface area contributed by atoms with Crippen molar-refractivity contribution in [3.8, 4) is 0 Å². The van der Waals surface area contributed by atoms with Crippen LogP contribution in [-0.4, -0.2) is 8.42 Å². The molecule has 0 bridgehead atoms. The molecule has 0 atom stereocenters. The van der Waals surface area contributed by atoms with Gasteiger partial charge in [0.15, 0.2) is 0 Å². The highest BCUT2D eigenvalue weighted by atomic mass is 79.9. The number of aryl methyl sites for hydroxylation is 1. The minimum absolute atomic E-state index is 0.255. The van der Waals surface area contributed by atoms with Crippen LogP contribution in [0.1, 0.15) is 11.1 Å². The lowest BCUT2D eigenvalue weighted by molar-refractivity contribution is 0.595. The monoisotopic (exact) mass is 353 g/mol. The molecule has 0 fully saturated rings. The predicted octanol–water partition coefficient (Wildman–Crippen LogP) is 3.91. The summed E-state index contributed by atoms with van der Waals surface area (Å²) in [4.78, 5) is 0.255. The molecule has 0 saturated heterocycles. The molecule has 2 aromatic rings. The Kier molecular flexibility index (Phi) is 6.64. The highest BCUT2D eigenvalue weighted by Gasteiger charge is 2.10. The zero-order valence-electron chi connectivity index (χ0n) is 11.1. The Hall–Kier alpha value is -1.43. The number of nitrogens with one attached hydrogen (secondary N) is 1. The van der Waals surface area contributed by atoms with Gasteiger partial charge in [0.25, 0.3) is 0 Å². The van der Waals surface area contributed by atoms with Gasteiger partial charge >= 0.3 is 0 Å². The van der Waals surface area contributed by atoms with E-state index in [1.165, 1.54) is 5.56 Å². The van der Waals surface area contributed by atoms with E-state index in [0.29, 0.717) is 0 Å². The molecule has 1 N–H and O–H groups in total. The van der Waals surface area contributed by atoms with Crippen molar-refractivity contribution < 1.29 is 8.42 Å². The van der Waals surface area contributed by atoms with E-state index >= 15 is 0 Å². The Labute approximate surface area is 128 Å². The fraction of sp³-hybridized carbons (Fsp3) is 0.0667. The summed E-state index contributed by atoms with van der Waals surface area (Å²) in [5, 5.41) is 0. The first-order chi connectivity index (χ1) is 9.49. The Morgan fingerprint density at radius 2 is 1.60 bits per heavy atom. The number of sulfonamides is 1. The minimum atomic E-state index is -3.35. The molecule has 106 valence electrons. The van der Waals surface area contributed by atoms with E-state index in [4.69, 9.17) is 0 Å². The standard InChI is InChI=1S/C8H8.C7H8BrNO2S/c1-2-8-6-4-3-5-7-8;1-6-2-4-7(5-3-6)12(10,11)9-8/h2-7H,1H2;2-5,9H,1H3. The average molecular weight is 354 g/mol. The van der Waals surface area contributed by atoms with Crippen LogP contribution >= 0.6 is 16.1 Å². The first-order valence-electron chi connectivity index (χ1n) is 5.86. The lowest BCUT2D eigenvalue weighted by Gasteiger charge is -2.00. The van der Waals surface area contributed by atoms with Crippen molar-refractivity contribution in [2.45, 2.75) is 11.8 Å². The predicted molar refractivity (Wildman–Crippen MR) is 87.0 cm³/mol. The summed E-state index contributed by atoms with van der Waals surface area (Å²) >= 11 is 2.69. The number of rotatable bonds is 3. The number of halogens is 1. The Balaban J connectivity index is 0.000000217. The summed E-state index contributed by atoms with van der Waals surface area (Å²) in [5.74, 6) is 0. The highest BCUT2D eigenvalue weighted by Crippen LogP contribution is 2.10. The molecule has 20 heavy (non-hydrogen) atoms. The van der Waals surface area contributed by atoms with E-state index in [0.717, 1.165) is 5.56 Å². The summed E-state index contributed by atoms with van der Waals surface area (Å²) in [6, 6.07) is 16.6. The van der Waals surface area contributed by atoms with Gasteiger partial charge in [0.05, 0.1) is 4.90 Å². The largest absolute Gasteiger partial charge is 0.250 e. The van der Waals surface area contributed by atoms with Gasteiger partial charge in [0.1, 0.15) is 0 Å². The third-order valence-electron chi connectivity index (χ3n) is 2.47. The fourth-order valence-electron chi connectivity index (χ4n) is 1.35. The van der Waals surface area contributed by atoms with Gasteiger partial charge in [0.2, 0.25) is 10.0 Å². The summed E-state index contributed by atoms with van der Waals surface area (Å²) in [7, 11) is -3.35. The molecule has 5 heteroatoms. The second-order valence-electron chi connectivity index (χ2n) is 4.01. The highest BCUT2D eigenvalue weighted by molar-refractivity contribution is 9.09. The zero-order valence-corrected chi connectivity index (χ0v) is 13.5. The van der Waals surface area contributed by atoms with Gasteiger partial charge in [-0.05, 0) is 24.6 Å². The Morgan fingerprint density at radius 1 is 1.05 bits per heavy atom. The lowest BCUT2D eigenvalue weighted by Crippen LogP contribution is -2.12. The van der Waals surface area contributed by atoms with Crippen molar-refractivity contribution in [3.05, 3.63) is 72.3 Å². The molecule has 0 spiro atoms. The molecule has 3 nitrogen and oxygen atoms in total. The Morgan fingerprint density at radius 3 is 2.00 bits per heavy atom. The molecule has 0 heterocycles. The van der Waals surface area contributed by atoms with E-state index in [1.807, 2.05) is 43.3 Å². The van der Waals surface area contributed by atoms with E-state index in [9.17, 15) is 8.42 Å². The summed E-state index contributed by atoms with van der Waals surface area (Å²) < 4.78 is 24.4. The van der Waals surface area contributed by atoms with Crippen LogP contribution in [0.4, 0.5) is 0 Å². The van der Waals surface area contributed by atoms with Gasteiger partial charge in [-0.1, -0.05) is 60.7 Å². The molecule has 0 aromatic heterocycles. The molecule has 0 amide bonds. The maximum Gasteiger partial charge on any atom is 0.250 e. The van der Waals surface area contributed by atoms with Crippen LogP contribution in [0.5, 0.6) is 0 Å². The normalized spacial score (nSPS) is 10.3. The first-order valence-corrected chi connectivity index (χ1v) is 8.14. The van der Waals surface area contributed by atoms with E-state index in [-0.39, 0.29) is 4.90 Å². The topological polar surface area (TPSA) is 46.2 Å². The molecule has 0 aliphatic rings. The van der Waals surface area contributed by atoms with E-state index < -0.39 is 10.0 Å². The van der Waals surface area contributed by atoms with Crippen LogP contribution in [0.2, 0.25) is 0 Å².